The Hall–Kier alpha value is -3.35. The second-order valence-corrected chi connectivity index (χ2v) is 5.90. The summed E-state index contributed by atoms with van der Waals surface area (Å²) in [5, 5.41) is 3.39. The highest BCUT2D eigenvalue weighted by Gasteiger charge is 2.19. The molecule has 0 saturated carbocycles. The lowest BCUT2D eigenvalue weighted by molar-refractivity contribution is 0.0526. The van der Waals surface area contributed by atoms with Crippen molar-refractivity contribution >= 4 is 11.8 Å². The highest BCUT2D eigenvalue weighted by molar-refractivity contribution is 5.89. The van der Waals surface area contributed by atoms with Crippen molar-refractivity contribution in [3.8, 4) is 5.75 Å². The summed E-state index contributed by atoms with van der Waals surface area (Å²) in [4.78, 5) is 20.6. The van der Waals surface area contributed by atoms with Crippen molar-refractivity contribution in [1.82, 2.24) is 14.5 Å². The van der Waals surface area contributed by atoms with Crippen LogP contribution < -0.4 is 10.1 Å². The zero-order chi connectivity index (χ0) is 19.2. The van der Waals surface area contributed by atoms with Crippen LogP contribution in [0.4, 0.5) is 5.82 Å². The van der Waals surface area contributed by atoms with Gasteiger partial charge < -0.3 is 19.4 Å². The number of nitrogens with zero attached hydrogens (tertiary/aromatic N) is 3. The van der Waals surface area contributed by atoms with Crippen molar-refractivity contribution in [1.29, 1.82) is 0 Å². The number of ether oxygens (including phenoxy) is 2. The van der Waals surface area contributed by atoms with Crippen LogP contribution in [-0.2, 0) is 11.8 Å². The van der Waals surface area contributed by atoms with E-state index < -0.39 is 0 Å². The molecule has 3 aromatic rings. The van der Waals surface area contributed by atoms with E-state index in [4.69, 9.17) is 9.47 Å². The van der Waals surface area contributed by atoms with Crippen molar-refractivity contribution in [2.45, 2.75) is 13.0 Å². The van der Waals surface area contributed by atoms with Gasteiger partial charge in [0.2, 0.25) is 0 Å². The first-order chi connectivity index (χ1) is 13.1. The average Bonchev–Trinajstić information content (AvgIpc) is 3.12. The van der Waals surface area contributed by atoms with Gasteiger partial charge in [0.25, 0.3) is 0 Å². The zero-order valence-electron chi connectivity index (χ0n) is 15.5. The number of carbonyl (C=O) groups excluding carboxylic acids is 1. The van der Waals surface area contributed by atoms with Crippen LogP contribution in [0.15, 0.2) is 55.0 Å². The minimum Gasteiger partial charge on any atom is -0.497 e. The van der Waals surface area contributed by atoms with E-state index in [0.717, 1.165) is 17.1 Å². The molecule has 0 radical (unpaired) electrons. The number of aryl methyl sites for hydroxylation is 1. The molecule has 0 aliphatic rings. The fourth-order valence-electron chi connectivity index (χ4n) is 2.71. The Bertz CT molecular complexity index is 888. The summed E-state index contributed by atoms with van der Waals surface area (Å²) in [6.45, 7) is 2.10. The van der Waals surface area contributed by atoms with Crippen molar-refractivity contribution in [2.75, 3.05) is 19.0 Å². The fraction of sp³-hybridized carbons (Fsp3) is 0.250. The molecule has 2 aromatic heterocycles. The summed E-state index contributed by atoms with van der Waals surface area (Å²) >= 11 is 0. The van der Waals surface area contributed by atoms with Gasteiger partial charge in [-0.15, -0.1) is 0 Å². The number of esters is 1. The fourth-order valence-corrected chi connectivity index (χ4v) is 2.71. The average molecular weight is 366 g/mol. The van der Waals surface area contributed by atoms with Crippen molar-refractivity contribution in [2.24, 2.45) is 7.05 Å². The predicted molar refractivity (Wildman–Crippen MR) is 102 cm³/mol. The molecular formula is C20H22N4O3. The van der Waals surface area contributed by atoms with Crippen LogP contribution >= 0.6 is 0 Å². The molecule has 27 heavy (non-hydrogen) atoms. The number of anilines is 1. The van der Waals surface area contributed by atoms with Gasteiger partial charge in [-0.25, -0.2) is 14.8 Å². The number of aromatic nitrogens is 3. The second-order valence-electron chi connectivity index (χ2n) is 5.90. The van der Waals surface area contributed by atoms with Crippen LogP contribution in [0.3, 0.4) is 0 Å². The van der Waals surface area contributed by atoms with E-state index in [-0.39, 0.29) is 12.0 Å². The number of hydrogen-bond acceptors (Lipinski definition) is 6. The Labute approximate surface area is 158 Å². The maximum atomic E-state index is 11.8. The number of pyridine rings is 1. The molecule has 3 rings (SSSR count). The van der Waals surface area contributed by atoms with Gasteiger partial charge in [0.15, 0.2) is 0 Å². The summed E-state index contributed by atoms with van der Waals surface area (Å²) in [5.74, 6) is 1.88. The molecule has 0 fully saturated rings. The largest absolute Gasteiger partial charge is 0.497 e. The monoisotopic (exact) mass is 366 g/mol. The van der Waals surface area contributed by atoms with Gasteiger partial charge in [-0.3, -0.25) is 0 Å². The Morgan fingerprint density at radius 2 is 1.96 bits per heavy atom. The van der Waals surface area contributed by atoms with Crippen LogP contribution in [0.1, 0.15) is 34.7 Å². The Balaban J connectivity index is 1.87. The van der Waals surface area contributed by atoms with Crippen LogP contribution in [0, 0.1) is 0 Å². The lowest BCUT2D eigenvalue weighted by Gasteiger charge is -2.20. The number of nitrogens with one attached hydrogen (secondary N) is 1. The van der Waals surface area contributed by atoms with Crippen molar-refractivity contribution in [3.63, 3.8) is 0 Å². The summed E-state index contributed by atoms with van der Waals surface area (Å²) < 4.78 is 12.2. The third-order valence-electron chi connectivity index (χ3n) is 4.13. The molecule has 0 aliphatic heterocycles. The normalized spacial score (nSPS) is 11.7. The standard InChI is InChI=1S/C20H22N4O3/c1-4-27-20(25)15-7-10-17(22-13-15)23-18(19-21-11-12-24(19)2)14-5-8-16(26-3)9-6-14/h5-13,18H,4H2,1-3H3,(H,22,23). The van der Waals surface area contributed by atoms with Crippen molar-refractivity contribution in [3.05, 3.63) is 71.9 Å². The van der Waals surface area contributed by atoms with Gasteiger partial charge in [-0.1, -0.05) is 12.1 Å². The molecule has 1 N–H and O–H groups in total. The van der Waals surface area contributed by atoms with Crippen molar-refractivity contribution < 1.29 is 14.3 Å². The van der Waals surface area contributed by atoms with Gasteiger partial charge in [0.1, 0.15) is 23.4 Å². The predicted octanol–water partition coefficient (Wildman–Crippen LogP) is 3.20. The maximum Gasteiger partial charge on any atom is 0.339 e. The van der Waals surface area contributed by atoms with Crippen LogP contribution in [0.5, 0.6) is 5.75 Å². The molecule has 0 bridgehead atoms. The third kappa shape index (κ3) is 4.25. The third-order valence-corrected chi connectivity index (χ3v) is 4.13. The van der Waals surface area contributed by atoms with Gasteiger partial charge in [0, 0.05) is 25.6 Å². The molecule has 2 heterocycles. The summed E-state index contributed by atoms with van der Waals surface area (Å²) in [7, 11) is 3.58. The summed E-state index contributed by atoms with van der Waals surface area (Å²) in [6, 6.07) is 11.0. The molecule has 1 unspecified atom stereocenters. The Morgan fingerprint density at radius 1 is 1.19 bits per heavy atom. The van der Waals surface area contributed by atoms with Gasteiger partial charge >= 0.3 is 5.97 Å². The van der Waals surface area contributed by atoms with E-state index in [2.05, 4.69) is 15.3 Å². The molecular weight excluding hydrogens is 344 g/mol. The topological polar surface area (TPSA) is 78.3 Å². The smallest absolute Gasteiger partial charge is 0.339 e. The number of methoxy groups -OCH3 is 1. The SMILES string of the molecule is CCOC(=O)c1ccc(NC(c2ccc(OC)cc2)c2nccn2C)nc1. The zero-order valence-corrected chi connectivity index (χ0v) is 15.5. The van der Waals surface area contributed by atoms with E-state index in [1.165, 1.54) is 6.20 Å². The highest BCUT2D eigenvalue weighted by Crippen LogP contribution is 2.26. The van der Waals surface area contributed by atoms with E-state index >= 15 is 0 Å². The highest BCUT2D eigenvalue weighted by atomic mass is 16.5. The molecule has 0 amide bonds. The number of rotatable bonds is 7. The lowest BCUT2D eigenvalue weighted by Crippen LogP contribution is -2.17. The van der Waals surface area contributed by atoms with Gasteiger partial charge in [0.05, 0.1) is 19.3 Å². The number of imidazole rings is 1. The first-order valence-electron chi connectivity index (χ1n) is 8.63. The minimum absolute atomic E-state index is 0.211. The molecule has 7 nitrogen and oxygen atoms in total. The van der Waals surface area contributed by atoms with E-state index in [1.54, 1.807) is 32.4 Å². The molecule has 0 aliphatic carbocycles. The summed E-state index contributed by atoms with van der Waals surface area (Å²) in [5.41, 5.74) is 1.43. The van der Waals surface area contributed by atoms with Gasteiger partial charge in [-0.2, -0.15) is 0 Å². The maximum absolute atomic E-state index is 11.8. The number of carbonyl (C=O) groups is 1. The lowest BCUT2D eigenvalue weighted by atomic mass is 10.1. The summed E-state index contributed by atoms with van der Waals surface area (Å²) in [6.07, 6.45) is 5.15. The van der Waals surface area contributed by atoms with E-state index in [9.17, 15) is 4.79 Å². The molecule has 1 aromatic carbocycles. The van der Waals surface area contributed by atoms with Crippen LogP contribution in [0.2, 0.25) is 0 Å². The molecule has 140 valence electrons. The Kier molecular flexibility index (Phi) is 5.71. The van der Waals surface area contributed by atoms with E-state index in [1.807, 2.05) is 42.1 Å². The van der Waals surface area contributed by atoms with Crippen LogP contribution in [0.25, 0.3) is 0 Å². The minimum atomic E-state index is -0.382. The Morgan fingerprint density at radius 3 is 2.52 bits per heavy atom. The molecule has 0 spiro atoms. The quantitative estimate of drug-likeness (QED) is 0.647. The molecule has 7 heteroatoms. The first-order valence-corrected chi connectivity index (χ1v) is 8.63. The number of hydrogen-bond donors (Lipinski definition) is 1. The molecule has 1 atom stereocenters. The second kappa shape index (κ2) is 8.35. The number of benzene rings is 1. The first kappa shape index (κ1) is 18.4. The molecule has 0 saturated heterocycles. The van der Waals surface area contributed by atoms with Gasteiger partial charge in [-0.05, 0) is 36.8 Å². The van der Waals surface area contributed by atoms with E-state index in [0.29, 0.717) is 18.0 Å². The van der Waals surface area contributed by atoms with Crippen LogP contribution in [-0.4, -0.2) is 34.2 Å².